The number of rotatable bonds is 5. The fraction of sp³-hybridized carbons (Fsp3) is 0.625. The van der Waals surface area contributed by atoms with E-state index < -0.39 is 22.2 Å². The van der Waals surface area contributed by atoms with Gasteiger partial charge in [0, 0.05) is 18.3 Å². The maximum Gasteiger partial charge on any atom is 0.523 e. The second kappa shape index (κ2) is 5.05. The van der Waals surface area contributed by atoms with E-state index in [1.54, 1.807) is 0 Å². The van der Waals surface area contributed by atoms with E-state index in [1.807, 2.05) is 6.92 Å². The van der Waals surface area contributed by atoms with Crippen molar-refractivity contribution in [2.45, 2.75) is 32.0 Å². The van der Waals surface area contributed by atoms with E-state index in [-0.39, 0.29) is 5.56 Å². The highest BCUT2D eigenvalue weighted by Crippen LogP contribution is 2.25. The maximum absolute atomic E-state index is 11.9. The lowest BCUT2D eigenvalue weighted by atomic mass is 10.4. The van der Waals surface area contributed by atoms with E-state index in [0.29, 0.717) is 6.54 Å². The SMILES string of the molecule is CCCn1cc(COS(=O)(=O)C(F)(F)F)cn1. The molecule has 0 atom stereocenters. The minimum Gasteiger partial charge on any atom is -0.272 e. The molecule has 0 saturated heterocycles. The summed E-state index contributed by atoms with van der Waals surface area (Å²) in [5.41, 5.74) is -5.13. The third-order valence-corrected chi connectivity index (χ3v) is 2.80. The predicted molar refractivity (Wildman–Crippen MR) is 52.3 cm³/mol. The summed E-state index contributed by atoms with van der Waals surface area (Å²) in [7, 11) is -5.54. The van der Waals surface area contributed by atoms with Gasteiger partial charge in [0.25, 0.3) is 0 Å². The Morgan fingerprint density at radius 3 is 2.65 bits per heavy atom. The molecule has 9 heteroatoms. The van der Waals surface area contributed by atoms with Crippen molar-refractivity contribution in [2.24, 2.45) is 0 Å². The van der Waals surface area contributed by atoms with Gasteiger partial charge in [0.05, 0.1) is 12.8 Å². The Labute approximate surface area is 96.3 Å². The molecule has 98 valence electrons. The van der Waals surface area contributed by atoms with E-state index in [4.69, 9.17) is 0 Å². The third kappa shape index (κ3) is 3.70. The summed E-state index contributed by atoms with van der Waals surface area (Å²) >= 11 is 0. The summed E-state index contributed by atoms with van der Waals surface area (Å²) in [5, 5.41) is 3.83. The molecule has 0 radical (unpaired) electrons. The van der Waals surface area contributed by atoms with Crippen molar-refractivity contribution >= 4 is 10.1 Å². The molecule has 0 bridgehead atoms. The number of hydrogen-bond acceptors (Lipinski definition) is 4. The van der Waals surface area contributed by atoms with E-state index in [9.17, 15) is 21.6 Å². The molecular weight excluding hydrogens is 261 g/mol. The van der Waals surface area contributed by atoms with Crippen LogP contribution in [-0.4, -0.2) is 23.7 Å². The lowest BCUT2D eigenvalue weighted by Gasteiger charge is -2.06. The van der Waals surface area contributed by atoms with E-state index in [0.717, 1.165) is 6.42 Å². The zero-order valence-corrected chi connectivity index (χ0v) is 9.75. The number of aromatic nitrogens is 2. The molecule has 0 aliphatic rings. The molecule has 0 unspecified atom stereocenters. The molecule has 0 N–H and O–H groups in total. The van der Waals surface area contributed by atoms with Crippen LogP contribution in [0.25, 0.3) is 0 Å². The zero-order valence-electron chi connectivity index (χ0n) is 8.94. The van der Waals surface area contributed by atoms with Crippen LogP contribution >= 0.6 is 0 Å². The number of alkyl halides is 3. The number of nitrogens with zero attached hydrogens (tertiary/aromatic N) is 2. The molecule has 0 aliphatic heterocycles. The van der Waals surface area contributed by atoms with Crippen molar-refractivity contribution in [1.29, 1.82) is 0 Å². The van der Waals surface area contributed by atoms with Crippen molar-refractivity contribution < 1.29 is 25.8 Å². The Bertz CT molecular complexity index is 467. The first-order valence-electron chi connectivity index (χ1n) is 4.73. The highest BCUT2D eigenvalue weighted by atomic mass is 32.2. The molecule has 1 aromatic rings. The molecule has 0 saturated carbocycles. The minimum absolute atomic E-state index is 0.270. The lowest BCUT2D eigenvalue weighted by Crippen LogP contribution is -2.25. The van der Waals surface area contributed by atoms with Crippen LogP contribution < -0.4 is 0 Å². The average Bonchev–Trinajstić information content (AvgIpc) is 2.62. The molecule has 1 rings (SSSR count). The quantitative estimate of drug-likeness (QED) is 0.604. The topological polar surface area (TPSA) is 61.2 Å². The van der Waals surface area contributed by atoms with Crippen LogP contribution in [0.4, 0.5) is 13.2 Å². The van der Waals surface area contributed by atoms with Gasteiger partial charge in [-0.25, -0.2) is 0 Å². The monoisotopic (exact) mass is 272 g/mol. The van der Waals surface area contributed by atoms with Crippen molar-refractivity contribution in [3.05, 3.63) is 18.0 Å². The minimum atomic E-state index is -5.54. The van der Waals surface area contributed by atoms with Gasteiger partial charge in [0.15, 0.2) is 0 Å². The molecule has 0 aromatic carbocycles. The summed E-state index contributed by atoms with van der Waals surface area (Å²) in [6.45, 7) is 1.84. The molecule has 0 spiro atoms. The highest BCUT2D eigenvalue weighted by molar-refractivity contribution is 7.87. The summed E-state index contributed by atoms with van der Waals surface area (Å²) in [6.07, 6.45) is 3.51. The van der Waals surface area contributed by atoms with Crippen LogP contribution in [0, 0.1) is 0 Å². The Balaban J connectivity index is 2.62. The Morgan fingerprint density at radius 2 is 2.12 bits per heavy atom. The molecule has 1 heterocycles. The van der Waals surface area contributed by atoms with Crippen LogP contribution in [0.5, 0.6) is 0 Å². The fourth-order valence-corrected chi connectivity index (χ4v) is 1.47. The van der Waals surface area contributed by atoms with Crippen molar-refractivity contribution in [3.8, 4) is 0 Å². The average molecular weight is 272 g/mol. The van der Waals surface area contributed by atoms with E-state index in [1.165, 1.54) is 17.1 Å². The first kappa shape index (κ1) is 14.0. The predicted octanol–water partition coefficient (Wildman–Crippen LogP) is 1.66. The van der Waals surface area contributed by atoms with Crippen LogP contribution in [0.15, 0.2) is 12.4 Å². The third-order valence-electron chi connectivity index (χ3n) is 1.80. The number of halogens is 3. The number of aryl methyl sites for hydroxylation is 1. The Kier molecular flexibility index (Phi) is 4.15. The van der Waals surface area contributed by atoms with Gasteiger partial charge in [0.1, 0.15) is 0 Å². The maximum atomic E-state index is 11.9. The van der Waals surface area contributed by atoms with Gasteiger partial charge in [-0.3, -0.25) is 8.86 Å². The van der Waals surface area contributed by atoms with Crippen LogP contribution in [0.1, 0.15) is 18.9 Å². The van der Waals surface area contributed by atoms with Gasteiger partial charge in [-0.15, -0.1) is 0 Å². The largest absolute Gasteiger partial charge is 0.523 e. The lowest BCUT2D eigenvalue weighted by molar-refractivity contribution is -0.0547. The first-order valence-corrected chi connectivity index (χ1v) is 6.14. The second-order valence-corrected chi connectivity index (χ2v) is 4.88. The molecule has 0 fully saturated rings. The summed E-state index contributed by atoms with van der Waals surface area (Å²) in [5.74, 6) is 0. The standard InChI is InChI=1S/C8H11F3N2O3S/c1-2-3-13-5-7(4-12-13)6-16-17(14,15)8(9,10)11/h4-5H,2-3,6H2,1H3. The normalized spacial score (nSPS) is 12.9. The molecule has 0 amide bonds. The van der Waals surface area contributed by atoms with E-state index in [2.05, 4.69) is 9.28 Å². The Morgan fingerprint density at radius 1 is 1.47 bits per heavy atom. The smallest absolute Gasteiger partial charge is 0.272 e. The molecule has 17 heavy (non-hydrogen) atoms. The molecular formula is C8H11F3N2O3S. The van der Waals surface area contributed by atoms with Crippen LogP contribution in [0.2, 0.25) is 0 Å². The Hall–Kier alpha value is -1.09. The summed E-state index contributed by atoms with van der Waals surface area (Å²) in [4.78, 5) is 0. The van der Waals surface area contributed by atoms with Gasteiger partial charge >= 0.3 is 15.6 Å². The molecule has 5 nitrogen and oxygen atoms in total. The van der Waals surface area contributed by atoms with Gasteiger partial charge in [-0.05, 0) is 6.42 Å². The van der Waals surface area contributed by atoms with Crippen LogP contribution in [0.3, 0.4) is 0 Å². The molecule has 0 aliphatic carbocycles. The van der Waals surface area contributed by atoms with Gasteiger partial charge < -0.3 is 0 Å². The van der Waals surface area contributed by atoms with E-state index >= 15 is 0 Å². The van der Waals surface area contributed by atoms with Crippen molar-refractivity contribution in [3.63, 3.8) is 0 Å². The fourth-order valence-electron chi connectivity index (χ4n) is 1.04. The highest BCUT2D eigenvalue weighted by Gasteiger charge is 2.47. The van der Waals surface area contributed by atoms with Gasteiger partial charge in [0.2, 0.25) is 0 Å². The summed E-state index contributed by atoms with van der Waals surface area (Å²) in [6, 6.07) is 0. The first-order chi connectivity index (χ1) is 7.76. The second-order valence-electron chi connectivity index (χ2n) is 3.27. The number of hydrogen-bond donors (Lipinski definition) is 0. The van der Waals surface area contributed by atoms with Gasteiger partial charge in [-0.1, -0.05) is 6.92 Å². The van der Waals surface area contributed by atoms with Crippen LogP contribution in [-0.2, 0) is 27.5 Å². The van der Waals surface area contributed by atoms with Crippen molar-refractivity contribution in [2.75, 3.05) is 0 Å². The summed E-state index contributed by atoms with van der Waals surface area (Å²) < 4.78 is 62.3. The van der Waals surface area contributed by atoms with Gasteiger partial charge in [-0.2, -0.15) is 26.7 Å². The zero-order chi connectivity index (χ0) is 13.1. The molecule has 1 aromatic heterocycles. The van der Waals surface area contributed by atoms with Crippen molar-refractivity contribution in [1.82, 2.24) is 9.78 Å².